The van der Waals surface area contributed by atoms with Crippen LogP contribution in [0, 0.1) is 0 Å². The lowest BCUT2D eigenvalue weighted by Gasteiger charge is -2.17. The lowest BCUT2D eigenvalue weighted by atomic mass is 10.2. The summed E-state index contributed by atoms with van der Waals surface area (Å²) in [6.45, 7) is 5.89. The highest BCUT2D eigenvalue weighted by Gasteiger charge is 2.12. The van der Waals surface area contributed by atoms with Crippen molar-refractivity contribution in [3.63, 3.8) is 0 Å². The Hall–Kier alpha value is -1.06. The van der Waals surface area contributed by atoms with Gasteiger partial charge in [-0.15, -0.1) is 0 Å². The van der Waals surface area contributed by atoms with Gasteiger partial charge in [-0.3, -0.25) is 9.59 Å². The molecule has 0 unspecified atom stereocenters. The maximum atomic E-state index is 11.3. The highest BCUT2D eigenvalue weighted by Crippen LogP contribution is 1.95. The zero-order chi connectivity index (χ0) is 10.4. The summed E-state index contributed by atoms with van der Waals surface area (Å²) in [7, 11) is 1.75. The van der Waals surface area contributed by atoms with Gasteiger partial charge in [0.15, 0.2) is 0 Å². The molecule has 0 spiro atoms. The van der Waals surface area contributed by atoms with E-state index in [1.54, 1.807) is 11.9 Å². The van der Waals surface area contributed by atoms with Crippen molar-refractivity contribution >= 4 is 11.8 Å². The molecule has 13 heavy (non-hydrogen) atoms. The molecule has 0 aromatic rings. The Morgan fingerprint density at radius 3 is 2.38 bits per heavy atom. The SMILES string of the molecule is CCN(C)C(=O)C[C@H](C)NC(C)=O. The minimum Gasteiger partial charge on any atom is -0.353 e. The fourth-order valence-corrected chi connectivity index (χ4v) is 0.992. The van der Waals surface area contributed by atoms with Gasteiger partial charge in [0, 0.05) is 33.0 Å². The molecule has 0 fully saturated rings. The van der Waals surface area contributed by atoms with E-state index in [0.29, 0.717) is 13.0 Å². The van der Waals surface area contributed by atoms with Gasteiger partial charge in [-0.2, -0.15) is 0 Å². The molecule has 0 radical (unpaired) electrons. The van der Waals surface area contributed by atoms with E-state index >= 15 is 0 Å². The van der Waals surface area contributed by atoms with Gasteiger partial charge in [0.05, 0.1) is 0 Å². The van der Waals surface area contributed by atoms with Gasteiger partial charge < -0.3 is 10.2 Å². The lowest BCUT2D eigenvalue weighted by molar-refractivity contribution is -0.130. The van der Waals surface area contributed by atoms with E-state index in [9.17, 15) is 9.59 Å². The summed E-state index contributed by atoms with van der Waals surface area (Å²) >= 11 is 0. The van der Waals surface area contributed by atoms with E-state index in [0.717, 1.165) is 0 Å². The molecule has 4 heteroatoms. The van der Waals surface area contributed by atoms with Crippen LogP contribution in [0.5, 0.6) is 0 Å². The molecule has 1 atom stereocenters. The van der Waals surface area contributed by atoms with Crippen molar-refractivity contribution in [2.24, 2.45) is 0 Å². The third-order valence-corrected chi connectivity index (χ3v) is 1.83. The monoisotopic (exact) mass is 186 g/mol. The Kier molecular flexibility index (Phi) is 5.11. The van der Waals surface area contributed by atoms with E-state index in [2.05, 4.69) is 5.32 Å². The second-order valence-corrected chi connectivity index (χ2v) is 3.21. The van der Waals surface area contributed by atoms with Crippen LogP contribution in [-0.4, -0.2) is 36.3 Å². The molecule has 0 aromatic heterocycles. The lowest BCUT2D eigenvalue weighted by Crippen LogP contribution is -2.36. The predicted molar refractivity (Wildman–Crippen MR) is 51.2 cm³/mol. The van der Waals surface area contributed by atoms with Gasteiger partial charge in [0.1, 0.15) is 0 Å². The molecular weight excluding hydrogens is 168 g/mol. The summed E-state index contributed by atoms with van der Waals surface area (Å²) in [6.07, 6.45) is 0.365. The van der Waals surface area contributed by atoms with Crippen molar-refractivity contribution in [1.82, 2.24) is 10.2 Å². The van der Waals surface area contributed by atoms with Gasteiger partial charge in [-0.1, -0.05) is 0 Å². The first-order valence-electron chi connectivity index (χ1n) is 4.48. The van der Waals surface area contributed by atoms with Gasteiger partial charge in [0.2, 0.25) is 11.8 Å². The van der Waals surface area contributed by atoms with Crippen LogP contribution in [0.1, 0.15) is 27.2 Å². The van der Waals surface area contributed by atoms with Gasteiger partial charge in [-0.25, -0.2) is 0 Å². The molecule has 0 rings (SSSR count). The predicted octanol–water partition coefficient (Wildman–Crippen LogP) is 0.379. The molecule has 0 aliphatic heterocycles. The molecule has 1 N–H and O–H groups in total. The second kappa shape index (κ2) is 5.56. The molecule has 0 bridgehead atoms. The number of hydrogen-bond acceptors (Lipinski definition) is 2. The zero-order valence-electron chi connectivity index (χ0n) is 8.76. The molecule has 0 aliphatic carbocycles. The number of carbonyl (C=O) groups excluding carboxylic acids is 2. The zero-order valence-corrected chi connectivity index (χ0v) is 8.76. The minimum atomic E-state index is -0.0977. The Morgan fingerprint density at radius 1 is 1.46 bits per heavy atom. The number of carbonyl (C=O) groups is 2. The number of nitrogens with zero attached hydrogens (tertiary/aromatic N) is 1. The van der Waals surface area contributed by atoms with Crippen LogP contribution in [0.25, 0.3) is 0 Å². The summed E-state index contributed by atoms with van der Waals surface area (Å²) < 4.78 is 0. The van der Waals surface area contributed by atoms with Crippen LogP contribution in [-0.2, 0) is 9.59 Å². The molecule has 2 amide bonds. The second-order valence-electron chi connectivity index (χ2n) is 3.21. The van der Waals surface area contributed by atoms with Crippen LogP contribution in [0.2, 0.25) is 0 Å². The first-order valence-corrected chi connectivity index (χ1v) is 4.48. The summed E-state index contributed by atoms with van der Waals surface area (Å²) in [4.78, 5) is 23.6. The number of rotatable bonds is 4. The fourth-order valence-electron chi connectivity index (χ4n) is 0.992. The van der Waals surface area contributed by atoms with Crippen LogP contribution in [0.4, 0.5) is 0 Å². The highest BCUT2D eigenvalue weighted by molar-refractivity contribution is 5.78. The summed E-state index contributed by atoms with van der Waals surface area (Å²) in [5.74, 6) is -0.0387. The van der Waals surface area contributed by atoms with Crippen LogP contribution in [0.3, 0.4) is 0 Å². The summed E-state index contributed by atoms with van der Waals surface area (Å²) in [6, 6.07) is -0.0843. The van der Waals surface area contributed by atoms with Crippen LogP contribution in [0.15, 0.2) is 0 Å². The quantitative estimate of drug-likeness (QED) is 0.690. The van der Waals surface area contributed by atoms with Gasteiger partial charge >= 0.3 is 0 Å². The first-order chi connectivity index (χ1) is 5.97. The van der Waals surface area contributed by atoms with Crippen molar-refractivity contribution in [2.45, 2.75) is 33.2 Å². The number of hydrogen-bond donors (Lipinski definition) is 1. The molecular formula is C9H18N2O2. The Balaban J connectivity index is 3.84. The molecule has 0 saturated heterocycles. The van der Waals surface area contributed by atoms with E-state index in [1.807, 2.05) is 13.8 Å². The van der Waals surface area contributed by atoms with E-state index in [1.165, 1.54) is 6.92 Å². The molecule has 4 nitrogen and oxygen atoms in total. The first kappa shape index (κ1) is 11.9. The fraction of sp³-hybridized carbons (Fsp3) is 0.778. The van der Waals surface area contributed by atoms with E-state index in [-0.39, 0.29) is 17.9 Å². The molecule has 0 heterocycles. The molecule has 0 saturated carbocycles. The normalized spacial score (nSPS) is 12.0. The molecule has 0 aromatic carbocycles. The maximum Gasteiger partial charge on any atom is 0.224 e. The Labute approximate surface area is 79.3 Å². The maximum absolute atomic E-state index is 11.3. The Bertz CT molecular complexity index is 192. The van der Waals surface area contributed by atoms with E-state index in [4.69, 9.17) is 0 Å². The van der Waals surface area contributed by atoms with E-state index < -0.39 is 0 Å². The molecule has 76 valence electrons. The average molecular weight is 186 g/mol. The number of nitrogens with one attached hydrogen (secondary N) is 1. The van der Waals surface area contributed by atoms with Gasteiger partial charge in [-0.05, 0) is 13.8 Å². The summed E-state index contributed by atoms with van der Waals surface area (Å²) in [5.41, 5.74) is 0. The minimum absolute atomic E-state index is 0.0590. The number of amides is 2. The van der Waals surface area contributed by atoms with Crippen molar-refractivity contribution in [1.29, 1.82) is 0 Å². The summed E-state index contributed by atoms with van der Waals surface area (Å²) in [5, 5.41) is 2.67. The average Bonchev–Trinajstić information content (AvgIpc) is 2.01. The standard InChI is InChI=1S/C9H18N2O2/c1-5-11(4)9(13)6-7(2)10-8(3)12/h7H,5-6H2,1-4H3,(H,10,12)/t7-/m0/s1. The van der Waals surface area contributed by atoms with Crippen molar-refractivity contribution in [3.05, 3.63) is 0 Å². The largest absolute Gasteiger partial charge is 0.353 e. The van der Waals surface area contributed by atoms with Gasteiger partial charge in [0.25, 0.3) is 0 Å². The van der Waals surface area contributed by atoms with Crippen LogP contribution < -0.4 is 5.32 Å². The van der Waals surface area contributed by atoms with Crippen molar-refractivity contribution < 1.29 is 9.59 Å². The molecule has 0 aliphatic rings. The topological polar surface area (TPSA) is 49.4 Å². The third-order valence-electron chi connectivity index (χ3n) is 1.83. The smallest absolute Gasteiger partial charge is 0.224 e. The third kappa shape index (κ3) is 5.22. The van der Waals surface area contributed by atoms with Crippen molar-refractivity contribution in [2.75, 3.05) is 13.6 Å². The highest BCUT2D eigenvalue weighted by atomic mass is 16.2. The van der Waals surface area contributed by atoms with Crippen LogP contribution >= 0.6 is 0 Å². The van der Waals surface area contributed by atoms with Crippen molar-refractivity contribution in [3.8, 4) is 0 Å². The Morgan fingerprint density at radius 2 is 2.00 bits per heavy atom.